The Hall–Kier alpha value is -5.15. The zero-order chi connectivity index (χ0) is 32.8. The monoisotopic (exact) mass is 619 g/mol. The Morgan fingerprint density at radius 2 is 1.59 bits per heavy atom. The number of hydrogen-bond donors (Lipinski definition) is 3. The molecule has 0 saturated heterocycles. The first-order chi connectivity index (χ1) is 22.0. The van der Waals surface area contributed by atoms with Crippen LogP contribution in [-0.2, 0) is 28.0 Å². The van der Waals surface area contributed by atoms with Crippen molar-refractivity contribution in [2.75, 3.05) is 29.7 Å². The van der Waals surface area contributed by atoms with Crippen LogP contribution in [0.1, 0.15) is 50.1 Å². The molecule has 9 heteroatoms. The van der Waals surface area contributed by atoms with E-state index in [9.17, 15) is 9.59 Å². The van der Waals surface area contributed by atoms with Crippen LogP contribution in [0.3, 0.4) is 0 Å². The van der Waals surface area contributed by atoms with Gasteiger partial charge in [0.1, 0.15) is 24.8 Å². The lowest BCUT2D eigenvalue weighted by molar-refractivity contribution is -0.119. The molecule has 238 valence electrons. The zero-order valence-corrected chi connectivity index (χ0v) is 27.2. The second-order valence-corrected chi connectivity index (χ2v) is 12.3. The molecule has 0 bridgehead atoms. The van der Waals surface area contributed by atoms with Crippen molar-refractivity contribution in [1.82, 2.24) is 9.78 Å². The molecule has 9 nitrogen and oxygen atoms in total. The summed E-state index contributed by atoms with van der Waals surface area (Å²) in [6.45, 7) is 10.6. The van der Waals surface area contributed by atoms with Crippen LogP contribution in [0.4, 0.5) is 22.0 Å². The quantitative estimate of drug-likeness (QED) is 0.147. The molecule has 0 unspecified atom stereocenters. The maximum atomic E-state index is 13.4. The van der Waals surface area contributed by atoms with Crippen LogP contribution in [0.5, 0.6) is 5.75 Å². The van der Waals surface area contributed by atoms with Gasteiger partial charge in [0, 0.05) is 40.6 Å². The second kappa shape index (κ2) is 13.9. The minimum atomic E-state index is -0.389. The van der Waals surface area contributed by atoms with Gasteiger partial charge in [0.2, 0.25) is 5.91 Å². The summed E-state index contributed by atoms with van der Waals surface area (Å²) < 4.78 is 13.0. The highest BCUT2D eigenvalue weighted by molar-refractivity contribution is 6.07. The summed E-state index contributed by atoms with van der Waals surface area (Å²) in [6.07, 6.45) is 0.840. The van der Waals surface area contributed by atoms with Crippen molar-refractivity contribution < 1.29 is 19.1 Å². The van der Waals surface area contributed by atoms with Crippen molar-refractivity contribution in [3.8, 4) is 11.4 Å². The third-order valence-electron chi connectivity index (χ3n) is 7.65. The number of benzene rings is 4. The fourth-order valence-electron chi connectivity index (χ4n) is 5.05. The van der Waals surface area contributed by atoms with Crippen molar-refractivity contribution in [2.45, 2.75) is 53.1 Å². The number of fused-ring (bicyclic) bond motifs is 1. The van der Waals surface area contributed by atoms with Crippen molar-refractivity contribution >= 4 is 39.9 Å². The van der Waals surface area contributed by atoms with Gasteiger partial charge < -0.3 is 20.1 Å². The number of methoxy groups -OCH3 is 1. The predicted molar refractivity (Wildman–Crippen MR) is 184 cm³/mol. The van der Waals surface area contributed by atoms with Gasteiger partial charge in [0.25, 0.3) is 0 Å². The van der Waals surface area contributed by atoms with E-state index in [4.69, 9.17) is 14.6 Å². The number of aryl methyl sites for hydroxylation is 2. The fourth-order valence-corrected chi connectivity index (χ4v) is 5.05. The summed E-state index contributed by atoms with van der Waals surface area (Å²) in [4.78, 5) is 25.7. The Morgan fingerprint density at radius 1 is 0.848 bits per heavy atom. The van der Waals surface area contributed by atoms with Crippen molar-refractivity contribution in [3.63, 3.8) is 0 Å². The van der Waals surface area contributed by atoms with Gasteiger partial charge >= 0.3 is 6.03 Å². The Morgan fingerprint density at radius 3 is 2.28 bits per heavy atom. The molecule has 1 aromatic heterocycles. The molecular formula is C37H41N5O4. The highest BCUT2D eigenvalue weighted by Crippen LogP contribution is 2.33. The molecule has 0 fully saturated rings. The highest BCUT2D eigenvalue weighted by atomic mass is 16.5. The van der Waals surface area contributed by atoms with Gasteiger partial charge in [-0.1, -0.05) is 81.8 Å². The zero-order valence-electron chi connectivity index (χ0n) is 27.2. The Kier molecular flexibility index (Phi) is 9.72. The van der Waals surface area contributed by atoms with E-state index in [1.54, 1.807) is 4.68 Å². The maximum absolute atomic E-state index is 13.4. The van der Waals surface area contributed by atoms with E-state index in [2.05, 4.69) is 43.6 Å². The van der Waals surface area contributed by atoms with Crippen molar-refractivity contribution in [2.24, 2.45) is 0 Å². The molecule has 0 aliphatic heterocycles. The van der Waals surface area contributed by atoms with Crippen LogP contribution in [0, 0.1) is 6.92 Å². The lowest BCUT2D eigenvalue weighted by Crippen LogP contribution is -2.21. The molecule has 46 heavy (non-hydrogen) atoms. The van der Waals surface area contributed by atoms with Crippen LogP contribution < -0.4 is 20.7 Å². The largest absolute Gasteiger partial charge is 0.488 e. The van der Waals surface area contributed by atoms with Crippen LogP contribution in [0.2, 0.25) is 0 Å². The maximum Gasteiger partial charge on any atom is 0.324 e. The van der Waals surface area contributed by atoms with E-state index in [1.165, 1.54) is 7.11 Å². The van der Waals surface area contributed by atoms with Gasteiger partial charge in [-0.3, -0.25) is 10.1 Å². The van der Waals surface area contributed by atoms with Crippen LogP contribution in [0.15, 0.2) is 84.9 Å². The number of ether oxygens (including phenoxy) is 2. The first-order valence-corrected chi connectivity index (χ1v) is 15.4. The topological polar surface area (TPSA) is 107 Å². The van der Waals surface area contributed by atoms with E-state index >= 15 is 0 Å². The van der Waals surface area contributed by atoms with E-state index in [0.717, 1.165) is 45.3 Å². The minimum Gasteiger partial charge on any atom is -0.488 e. The Bertz CT molecular complexity index is 1850. The number of carbonyl (C=O) groups excluding carboxylic acids is 2. The first-order valence-electron chi connectivity index (χ1n) is 15.4. The lowest BCUT2D eigenvalue weighted by atomic mass is 9.92. The number of carbonyl (C=O) groups is 2. The van der Waals surface area contributed by atoms with E-state index in [-0.39, 0.29) is 30.6 Å². The normalized spacial score (nSPS) is 11.3. The number of rotatable bonds is 10. The number of anilines is 3. The summed E-state index contributed by atoms with van der Waals surface area (Å²) in [6, 6.07) is 26.9. The summed E-state index contributed by atoms with van der Waals surface area (Å²) in [5, 5.41) is 15.4. The predicted octanol–water partition coefficient (Wildman–Crippen LogP) is 8.00. The number of aromatic nitrogens is 2. The molecule has 4 aromatic carbocycles. The highest BCUT2D eigenvalue weighted by Gasteiger charge is 2.22. The average molecular weight is 620 g/mol. The molecule has 0 radical (unpaired) electrons. The first kappa shape index (κ1) is 32.2. The fraction of sp³-hybridized carbons (Fsp3) is 0.270. The van der Waals surface area contributed by atoms with Gasteiger partial charge in [-0.15, -0.1) is 0 Å². The van der Waals surface area contributed by atoms with Crippen molar-refractivity contribution in [1.29, 1.82) is 0 Å². The molecule has 5 rings (SSSR count). The van der Waals surface area contributed by atoms with E-state index in [0.29, 0.717) is 22.9 Å². The molecule has 0 saturated carbocycles. The van der Waals surface area contributed by atoms with Crippen molar-refractivity contribution in [3.05, 3.63) is 107 Å². The lowest BCUT2D eigenvalue weighted by Gasteiger charge is -2.16. The van der Waals surface area contributed by atoms with Gasteiger partial charge in [-0.05, 0) is 49.2 Å². The Balaban J connectivity index is 1.37. The van der Waals surface area contributed by atoms with Gasteiger partial charge in [-0.2, -0.15) is 5.10 Å². The summed E-state index contributed by atoms with van der Waals surface area (Å²) >= 11 is 0. The van der Waals surface area contributed by atoms with Gasteiger partial charge in [0.15, 0.2) is 0 Å². The molecule has 0 spiro atoms. The number of nitrogens with one attached hydrogen (secondary N) is 3. The average Bonchev–Trinajstić information content (AvgIpc) is 3.46. The van der Waals surface area contributed by atoms with E-state index in [1.807, 2.05) is 91.9 Å². The number of nitrogens with zero attached hydrogens (tertiary/aromatic N) is 2. The smallest absolute Gasteiger partial charge is 0.324 e. The second-order valence-electron chi connectivity index (χ2n) is 12.3. The molecule has 5 aromatic rings. The summed E-state index contributed by atoms with van der Waals surface area (Å²) in [5.41, 5.74) is 5.93. The third-order valence-corrected chi connectivity index (χ3v) is 7.65. The Labute approximate surface area is 269 Å². The molecule has 0 aliphatic rings. The number of hydrogen-bond acceptors (Lipinski definition) is 5. The molecule has 3 amide bonds. The SMILES string of the molecule is CCc1ccc(COc2ccc(NC(=O)Nc3cc(C(C)(C)C)nn3-c3ccc(C)cc3)c3ccccc23)c(NC(=O)COC)c1. The number of amides is 3. The van der Waals surface area contributed by atoms with Crippen LogP contribution >= 0.6 is 0 Å². The van der Waals surface area contributed by atoms with Gasteiger partial charge in [-0.25, -0.2) is 9.48 Å². The van der Waals surface area contributed by atoms with Crippen LogP contribution in [-0.4, -0.2) is 35.4 Å². The molecular weight excluding hydrogens is 578 g/mol. The third kappa shape index (κ3) is 7.55. The summed E-state index contributed by atoms with van der Waals surface area (Å²) in [7, 11) is 1.49. The molecule has 0 atom stereocenters. The van der Waals surface area contributed by atoms with Gasteiger partial charge in [0.05, 0.1) is 17.1 Å². The molecule has 1 heterocycles. The standard InChI is InChI=1S/C37H41N5O4/c1-7-25-14-15-26(31(20-25)38-35(43)23-45-6)22-46-32-19-18-30(28-10-8-9-11-29(28)32)39-36(44)40-34-21-33(37(3,4)5)41-42(34)27-16-12-24(2)13-17-27/h8-21H,7,22-23H2,1-6H3,(H,38,43)(H2,39,40,44). The van der Waals surface area contributed by atoms with E-state index < -0.39 is 0 Å². The van der Waals surface area contributed by atoms with Crippen LogP contribution in [0.25, 0.3) is 16.5 Å². The molecule has 3 N–H and O–H groups in total. The summed E-state index contributed by atoms with van der Waals surface area (Å²) in [5.74, 6) is 0.994. The minimum absolute atomic E-state index is 0.0324. The molecule has 0 aliphatic carbocycles. The number of urea groups is 1.